The number of hydroxylamine groups is 2. The molecule has 1 amide bonds. The van der Waals surface area contributed by atoms with Crippen LogP contribution in [0.2, 0.25) is 0 Å². The molecule has 6 nitrogen and oxygen atoms in total. The van der Waals surface area contributed by atoms with Crippen LogP contribution in [-0.2, 0) is 14.4 Å². The predicted molar refractivity (Wildman–Crippen MR) is 85.9 cm³/mol. The number of rotatable bonds is 5. The molecule has 0 aliphatic heterocycles. The van der Waals surface area contributed by atoms with E-state index in [4.69, 9.17) is 14.3 Å². The average Bonchev–Trinajstić information content (AvgIpc) is 2.41. The fraction of sp³-hybridized carbons (Fsp3) is 0.529. The first kappa shape index (κ1) is 19.9. The van der Waals surface area contributed by atoms with Crippen molar-refractivity contribution < 1.29 is 28.3 Å². The third-order valence-electron chi connectivity index (χ3n) is 2.43. The van der Waals surface area contributed by atoms with Crippen LogP contribution in [0, 0.1) is 0 Å². The minimum Gasteiger partial charge on any atom is -0.428 e. The van der Waals surface area contributed by atoms with E-state index in [0.717, 1.165) is 0 Å². The van der Waals surface area contributed by atoms with Crippen LogP contribution in [0.25, 0.3) is 0 Å². The maximum atomic E-state index is 14.5. The van der Waals surface area contributed by atoms with Crippen molar-refractivity contribution in [3.8, 4) is 5.75 Å². The molecule has 0 N–H and O–H groups in total. The van der Waals surface area contributed by atoms with Crippen LogP contribution < -0.4 is 4.74 Å². The maximum Gasteiger partial charge on any atom is 0.514 e. The lowest BCUT2D eigenvalue weighted by Crippen LogP contribution is -2.34. The van der Waals surface area contributed by atoms with Crippen molar-refractivity contribution in [2.75, 3.05) is 0 Å². The molecule has 0 saturated heterocycles. The number of carbonyl (C=O) groups is 2. The van der Waals surface area contributed by atoms with Gasteiger partial charge in [0.2, 0.25) is 12.7 Å². The van der Waals surface area contributed by atoms with Gasteiger partial charge in [0.05, 0.1) is 5.60 Å². The minimum atomic E-state index is -1.84. The van der Waals surface area contributed by atoms with Gasteiger partial charge < -0.3 is 9.47 Å². The lowest BCUT2D eigenvalue weighted by Gasteiger charge is -2.29. The van der Waals surface area contributed by atoms with E-state index in [1.807, 2.05) is 0 Å². The van der Waals surface area contributed by atoms with Crippen LogP contribution in [0.3, 0.4) is 0 Å². The van der Waals surface area contributed by atoms with E-state index < -0.39 is 23.7 Å². The summed E-state index contributed by atoms with van der Waals surface area (Å²) in [6, 6.07) is 5.74. The highest BCUT2D eigenvalue weighted by Gasteiger charge is 2.25. The molecule has 1 aromatic carbocycles. The van der Waals surface area contributed by atoms with Gasteiger partial charge >= 0.3 is 6.16 Å². The first-order valence-corrected chi connectivity index (χ1v) is 7.49. The summed E-state index contributed by atoms with van der Waals surface area (Å²) in [6.45, 7) is 10.2. The molecule has 0 bridgehead atoms. The van der Waals surface area contributed by atoms with Crippen molar-refractivity contribution in [1.82, 2.24) is 5.06 Å². The van der Waals surface area contributed by atoms with Crippen molar-refractivity contribution in [1.29, 1.82) is 0 Å². The van der Waals surface area contributed by atoms with Crippen LogP contribution in [0.1, 0.15) is 53.4 Å². The zero-order valence-electron chi connectivity index (χ0n) is 14.8. The Balaban J connectivity index is 2.87. The molecule has 0 heterocycles. The summed E-state index contributed by atoms with van der Waals surface area (Å²) in [5.74, 6) is 0.103. The summed E-state index contributed by atoms with van der Waals surface area (Å²) in [5.41, 5.74) is -1.34. The summed E-state index contributed by atoms with van der Waals surface area (Å²) in [5, 5.41) is 0.576. The highest BCUT2D eigenvalue weighted by atomic mass is 19.1. The van der Waals surface area contributed by atoms with Crippen molar-refractivity contribution in [2.45, 2.75) is 59.0 Å². The van der Waals surface area contributed by atoms with Gasteiger partial charge in [-0.1, -0.05) is 12.1 Å². The van der Waals surface area contributed by atoms with Gasteiger partial charge in [0, 0.05) is 5.56 Å². The number of hydrogen-bond acceptors (Lipinski definition) is 5. The first-order valence-electron chi connectivity index (χ1n) is 7.49. The van der Waals surface area contributed by atoms with Crippen molar-refractivity contribution in [3.05, 3.63) is 29.8 Å². The number of alkyl halides is 1. The number of ether oxygens (including phenoxy) is 2. The van der Waals surface area contributed by atoms with E-state index in [-0.39, 0.29) is 17.7 Å². The molecule has 0 aliphatic carbocycles. The normalized spacial score (nSPS) is 13.1. The molecule has 24 heavy (non-hydrogen) atoms. The topological polar surface area (TPSA) is 65.1 Å². The maximum absolute atomic E-state index is 14.5. The quantitative estimate of drug-likeness (QED) is 0.264. The number of benzene rings is 1. The highest BCUT2D eigenvalue weighted by molar-refractivity contribution is 5.64. The van der Waals surface area contributed by atoms with E-state index >= 15 is 0 Å². The number of nitrogens with zero attached hydrogens (tertiary/aromatic N) is 1. The molecule has 0 aliphatic rings. The van der Waals surface area contributed by atoms with E-state index in [2.05, 4.69) is 0 Å². The van der Waals surface area contributed by atoms with E-state index in [0.29, 0.717) is 5.06 Å². The summed E-state index contributed by atoms with van der Waals surface area (Å²) >= 11 is 0. The van der Waals surface area contributed by atoms with E-state index in [9.17, 15) is 14.0 Å². The molecule has 0 fully saturated rings. The van der Waals surface area contributed by atoms with E-state index in [1.54, 1.807) is 41.5 Å². The van der Waals surface area contributed by atoms with Gasteiger partial charge in [-0.2, -0.15) is 5.06 Å². The van der Waals surface area contributed by atoms with Gasteiger partial charge in [-0.15, -0.1) is 0 Å². The third kappa shape index (κ3) is 6.95. The zero-order valence-corrected chi connectivity index (χ0v) is 14.8. The average molecular weight is 341 g/mol. The Kier molecular flexibility index (Phi) is 6.31. The largest absolute Gasteiger partial charge is 0.514 e. The van der Waals surface area contributed by atoms with Gasteiger partial charge in [-0.05, 0) is 53.7 Å². The second-order valence-corrected chi connectivity index (χ2v) is 7.14. The van der Waals surface area contributed by atoms with Crippen molar-refractivity contribution in [2.24, 2.45) is 0 Å². The smallest absolute Gasteiger partial charge is 0.428 e. The van der Waals surface area contributed by atoms with Gasteiger partial charge in [0.25, 0.3) is 0 Å². The second-order valence-electron chi connectivity index (χ2n) is 7.14. The molecular weight excluding hydrogens is 317 g/mol. The van der Waals surface area contributed by atoms with Crippen LogP contribution in [0.15, 0.2) is 24.3 Å². The van der Waals surface area contributed by atoms with Crippen LogP contribution >= 0.6 is 0 Å². The Labute approximate surface area is 141 Å². The molecule has 134 valence electrons. The number of hydrogen-bond donors (Lipinski definition) is 0. The van der Waals surface area contributed by atoms with Crippen LogP contribution in [0.4, 0.5) is 9.18 Å². The molecule has 1 unspecified atom stereocenters. The Morgan fingerprint density at radius 1 is 1.17 bits per heavy atom. The first-order chi connectivity index (χ1) is 10.9. The molecule has 0 radical (unpaired) electrons. The predicted octanol–water partition coefficient (Wildman–Crippen LogP) is 4.16. The molecule has 0 saturated carbocycles. The van der Waals surface area contributed by atoms with Crippen molar-refractivity contribution in [3.63, 3.8) is 0 Å². The molecule has 1 aromatic rings. The molecule has 0 aromatic heterocycles. The highest BCUT2D eigenvalue weighted by Crippen LogP contribution is 2.27. The second kappa shape index (κ2) is 7.61. The Morgan fingerprint density at radius 2 is 1.79 bits per heavy atom. The lowest BCUT2D eigenvalue weighted by molar-refractivity contribution is -0.252. The van der Waals surface area contributed by atoms with Gasteiger partial charge in [0.15, 0.2) is 0 Å². The van der Waals surface area contributed by atoms with E-state index in [1.165, 1.54) is 24.3 Å². The minimum absolute atomic E-state index is 0.103. The third-order valence-corrected chi connectivity index (χ3v) is 2.43. The summed E-state index contributed by atoms with van der Waals surface area (Å²) < 4.78 is 24.6. The molecule has 7 heteroatoms. The summed E-state index contributed by atoms with van der Waals surface area (Å²) in [7, 11) is 0. The molecule has 1 rings (SSSR count). The fourth-order valence-electron chi connectivity index (χ4n) is 1.68. The summed E-state index contributed by atoms with van der Waals surface area (Å²) in [6.07, 6.45) is -2.48. The van der Waals surface area contributed by atoms with Crippen LogP contribution in [-0.4, -0.2) is 28.8 Å². The van der Waals surface area contributed by atoms with Crippen LogP contribution in [0.5, 0.6) is 5.75 Å². The standard InChI is InChI=1S/C17H24FNO5/c1-16(2,3)23-15(21)22-13-9-7-8-12(10-13)14(18)19(11-20)24-17(4,5)6/h7-11,14H,1-6H3. The fourth-order valence-corrected chi connectivity index (χ4v) is 1.68. The van der Waals surface area contributed by atoms with Crippen molar-refractivity contribution >= 4 is 12.6 Å². The van der Waals surface area contributed by atoms with Gasteiger partial charge in [0.1, 0.15) is 11.4 Å². The Morgan fingerprint density at radius 3 is 2.29 bits per heavy atom. The number of halogens is 1. The van der Waals surface area contributed by atoms with Gasteiger partial charge in [-0.25, -0.2) is 9.18 Å². The Hall–Kier alpha value is -2.15. The SMILES string of the molecule is CC(C)(C)OC(=O)Oc1cccc(C(F)N(C=O)OC(C)(C)C)c1. The molecule has 1 atom stereocenters. The lowest BCUT2D eigenvalue weighted by atomic mass is 10.2. The van der Waals surface area contributed by atoms with Gasteiger partial charge in [-0.3, -0.25) is 9.63 Å². The molecular formula is C17H24FNO5. The number of amides is 1. The monoisotopic (exact) mass is 341 g/mol. The summed E-state index contributed by atoms with van der Waals surface area (Å²) in [4.78, 5) is 28.0. The zero-order chi connectivity index (χ0) is 18.5. The Bertz CT molecular complexity index is 577. The number of carbonyl (C=O) groups excluding carboxylic acids is 2. The molecule has 0 spiro atoms.